The zero-order valence-corrected chi connectivity index (χ0v) is 30.8. The van der Waals surface area contributed by atoms with Crippen LogP contribution in [0.25, 0.3) is 5.52 Å². The summed E-state index contributed by atoms with van der Waals surface area (Å²) in [5, 5.41) is 15.6. The Balaban J connectivity index is 1.96. The Morgan fingerprint density at radius 2 is 1.71 bits per heavy atom. The maximum absolute atomic E-state index is 13.3. The Morgan fingerprint density at radius 3 is 2.24 bits per heavy atom. The van der Waals surface area contributed by atoms with Crippen molar-refractivity contribution >= 4 is 40.8 Å². The minimum atomic E-state index is -3.13. The van der Waals surface area contributed by atoms with E-state index in [-0.39, 0.29) is 28.8 Å². The van der Waals surface area contributed by atoms with Gasteiger partial charge >= 0.3 is 23.1 Å². The highest BCUT2D eigenvalue weighted by atomic mass is 28.5. The Bertz CT molecular complexity index is 1420. The minimum Gasteiger partial charge on any atom is -0.455 e. The molecule has 0 radical (unpaired) electrons. The number of carbonyl (C=O) groups is 1. The number of hydrogen-bond acceptors (Lipinski definition) is 10. The second-order valence-corrected chi connectivity index (χ2v) is 22.7. The Morgan fingerprint density at radius 1 is 1.09 bits per heavy atom. The summed E-state index contributed by atoms with van der Waals surface area (Å²) in [5.74, 6) is -0.488. The summed E-state index contributed by atoms with van der Waals surface area (Å²) < 4.78 is 36.2. The van der Waals surface area contributed by atoms with E-state index in [4.69, 9.17) is 22.4 Å². The third kappa shape index (κ3) is 6.10. The van der Waals surface area contributed by atoms with Gasteiger partial charge in [0, 0.05) is 14.1 Å². The van der Waals surface area contributed by atoms with Crippen LogP contribution in [-0.2, 0) is 32.8 Å². The first-order chi connectivity index (χ1) is 21.1. The maximum atomic E-state index is 13.3. The molecule has 0 bridgehead atoms. The van der Waals surface area contributed by atoms with Crippen LogP contribution < -0.4 is 0 Å². The second kappa shape index (κ2) is 13.2. The fraction of sp³-hybridized carbons (Fsp3) is 0.710. The van der Waals surface area contributed by atoms with Gasteiger partial charge in [0.1, 0.15) is 30.1 Å². The molecule has 2 aromatic heterocycles. The summed E-state index contributed by atoms with van der Waals surface area (Å²) in [4.78, 5) is 24.0. The predicted molar refractivity (Wildman–Crippen MR) is 176 cm³/mol. The molecule has 0 unspecified atom stereocenters. The number of nitrogens with zero attached hydrogens (tertiary/aromatic N) is 6. The molecule has 2 saturated heterocycles. The normalized spacial score (nSPS) is 26.5. The van der Waals surface area contributed by atoms with Crippen LogP contribution in [0.5, 0.6) is 0 Å². The minimum absolute atomic E-state index is 0.0294. The molecule has 0 spiro atoms. The van der Waals surface area contributed by atoms with E-state index in [0.717, 1.165) is 0 Å². The lowest BCUT2D eigenvalue weighted by atomic mass is 9.92. The van der Waals surface area contributed by atoms with Crippen LogP contribution in [0.2, 0.25) is 22.2 Å². The summed E-state index contributed by atoms with van der Waals surface area (Å²) in [6, 6.07) is 5.95. The summed E-state index contributed by atoms with van der Waals surface area (Å²) in [6.07, 6.45) is 0.348. The number of rotatable bonds is 9. The summed E-state index contributed by atoms with van der Waals surface area (Å²) in [6.45, 7) is 20.7. The van der Waals surface area contributed by atoms with Gasteiger partial charge in [0.25, 0.3) is 0 Å². The molecular weight excluding hydrogens is 609 g/mol. The van der Waals surface area contributed by atoms with Gasteiger partial charge in [-0.05, 0) is 34.3 Å². The van der Waals surface area contributed by atoms with Crippen LogP contribution in [0.3, 0.4) is 0 Å². The van der Waals surface area contributed by atoms with E-state index in [2.05, 4.69) is 76.5 Å². The van der Waals surface area contributed by atoms with E-state index >= 15 is 0 Å². The fourth-order valence-corrected chi connectivity index (χ4v) is 17.6. The molecule has 14 heteroatoms. The van der Waals surface area contributed by atoms with Crippen LogP contribution in [0.1, 0.15) is 74.9 Å². The highest BCUT2D eigenvalue weighted by Gasteiger charge is 2.67. The van der Waals surface area contributed by atoms with Gasteiger partial charge in [-0.15, -0.1) is 0 Å². The molecule has 45 heavy (non-hydrogen) atoms. The first kappa shape index (κ1) is 35.2. The topological polar surface area (TPSA) is 133 Å². The summed E-state index contributed by atoms with van der Waals surface area (Å²) >= 11 is 0. The summed E-state index contributed by atoms with van der Waals surface area (Å²) in [5.41, 5.74) is -0.494. The molecule has 2 aliphatic rings. The smallest absolute Gasteiger partial charge is 0.335 e. The number of fused-ring (bicyclic) bond motifs is 2. The van der Waals surface area contributed by atoms with E-state index in [0.29, 0.717) is 17.0 Å². The van der Waals surface area contributed by atoms with E-state index < -0.39 is 52.9 Å². The maximum Gasteiger partial charge on any atom is 0.335 e. The van der Waals surface area contributed by atoms with Gasteiger partial charge in [0.15, 0.2) is 11.9 Å². The molecule has 0 aromatic carbocycles. The quantitative estimate of drug-likeness (QED) is 0.145. The molecule has 0 N–H and O–H groups in total. The molecule has 4 atom stereocenters. The molecule has 4 heterocycles. The number of esters is 1. The van der Waals surface area contributed by atoms with Crippen molar-refractivity contribution in [1.82, 2.24) is 19.5 Å². The van der Waals surface area contributed by atoms with E-state index in [9.17, 15) is 10.1 Å². The van der Waals surface area contributed by atoms with Crippen molar-refractivity contribution in [3.05, 3.63) is 24.2 Å². The highest BCUT2D eigenvalue weighted by molar-refractivity contribution is 6.84. The van der Waals surface area contributed by atoms with Crippen molar-refractivity contribution in [2.75, 3.05) is 20.7 Å². The van der Waals surface area contributed by atoms with E-state index in [1.54, 1.807) is 41.7 Å². The monoisotopic (exact) mass is 658 g/mol. The predicted octanol–water partition coefficient (Wildman–Crippen LogP) is 5.59. The highest BCUT2D eigenvalue weighted by Crippen LogP contribution is 2.51. The molecule has 2 aliphatic heterocycles. The van der Waals surface area contributed by atoms with Crippen LogP contribution in [0.15, 0.2) is 23.5 Å². The largest absolute Gasteiger partial charge is 0.455 e. The molecule has 2 aromatic rings. The molecule has 2 fully saturated rings. The lowest BCUT2D eigenvalue weighted by molar-refractivity contribution is -0.163. The molecule has 12 nitrogen and oxygen atoms in total. The van der Waals surface area contributed by atoms with Gasteiger partial charge in [0.05, 0.1) is 24.6 Å². The van der Waals surface area contributed by atoms with Gasteiger partial charge in [-0.2, -0.15) is 10.4 Å². The lowest BCUT2D eigenvalue weighted by Crippen LogP contribution is -2.66. The average molecular weight is 659 g/mol. The van der Waals surface area contributed by atoms with E-state index in [1.165, 1.54) is 6.33 Å². The first-order valence-electron chi connectivity index (χ1n) is 15.9. The van der Waals surface area contributed by atoms with Crippen molar-refractivity contribution < 1.29 is 27.2 Å². The van der Waals surface area contributed by atoms with Gasteiger partial charge < -0.3 is 27.3 Å². The molecule has 4 rings (SSSR count). The van der Waals surface area contributed by atoms with Crippen molar-refractivity contribution in [3.8, 4) is 6.07 Å². The summed E-state index contributed by atoms with van der Waals surface area (Å²) in [7, 11) is -2.29. The van der Waals surface area contributed by atoms with Crippen LogP contribution >= 0.6 is 0 Å². The average Bonchev–Trinajstić information content (AvgIpc) is 3.51. The van der Waals surface area contributed by atoms with Crippen molar-refractivity contribution in [2.24, 2.45) is 10.9 Å². The van der Waals surface area contributed by atoms with Crippen LogP contribution in [-0.4, -0.2) is 87.9 Å². The van der Waals surface area contributed by atoms with E-state index in [1.807, 2.05) is 14.1 Å². The molecule has 0 saturated carbocycles. The second-order valence-electron chi connectivity index (χ2n) is 13.9. The number of ether oxygens (including phenoxy) is 2. The number of nitriles is 1. The first-order valence-corrected chi connectivity index (χ1v) is 19.9. The Kier molecular flexibility index (Phi) is 10.3. The lowest BCUT2D eigenvalue weighted by Gasteiger charge is -2.51. The van der Waals surface area contributed by atoms with Gasteiger partial charge in [-0.25, -0.2) is 14.5 Å². The molecule has 0 aliphatic carbocycles. The fourth-order valence-electron chi connectivity index (χ4n) is 6.44. The zero-order chi connectivity index (χ0) is 33.5. The third-order valence-electron chi connectivity index (χ3n) is 8.84. The molecule has 248 valence electrons. The van der Waals surface area contributed by atoms with Crippen molar-refractivity contribution in [2.45, 2.75) is 115 Å². The zero-order valence-electron chi connectivity index (χ0n) is 28.8. The standard InChI is InChI=1S/C31H50N6O6Si2/c1-19(2)30(38)40-28-27-25(15-39-44(20(3)4,21(5)6)43-45(42-27,22(7)8)23(9)10)41-31(28,16-32)26-14-13-24-29(34-18-36(11)12)33-17-35-37(24)26/h13-14,17-23,25,27-28H,15H2,1-12H3/t25-,27-,28-,31+/m1/s1. The van der Waals surface area contributed by atoms with Gasteiger partial charge in [0.2, 0.25) is 5.60 Å². The number of aliphatic imine (C=N–C) groups is 1. The van der Waals surface area contributed by atoms with Crippen molar-refractivity contribution in [3.63, 3.8) is 0 Å². The van der Waals surface area contributed by atoms with Crippen LogP contribution in [0, 0.1) is 17.2 Å². The Labute approximate surface area is 269 Å². The van der Waals surface area contributed by atoms with Crippen molar-refractivity contribution in [1.29, 1.82) is 5.26 Å². The molecular formula is C31H50N6O6Si2. The third-order valence-corrected chi connectivity index (χ3v) is 19.1. The number of aromatic nitrogens is 3. The number of hydrogen-bond donors (Lipinski definition) is 0. The Hall–Kier alpha value is -2.68. The SMILES string of the molecule is CC(C)C(=O)O[C@@H]1[C@@H]2O[Si](C(C)C)(C(C)C)O[Si](C(C)C)(C(C)C)OC[C@H]2O[C@@]1(C#N)c1ccc2c(N=CN(C)C)ncnn12. The molecule has 0 amide bonds. The number of carbonyl (C=O) groups excluding carboxylic acids is 1. The van der Waals surface area contributed by atoms with Gasteiger partial charge in [-0.1, -0.05) is 69.2 Å². The van der Waals surface area contributed by atoms with Crippen LogP contribution in [0.4, 0.5) is 5.82 Å². The van der Waals surface area contributed by atoms with Gasteiger partial charge in [-0.3, -0.25) is 4.79 Å².